The molecule has 0 spiro atoms. The summed E-state index contributed by atoms with van der Waals surface area (Å²) in [5.74, 6) is 0.250. The van der Waals surface area contributed by atoms with Crippen LogP contribution in [0.4, 0.5) is 16.4 Å². The Labute approximate surface area is 190 Å². The second-order valence-electron chi connectivity index (χ2n) is 7.52. The lowest BCUT2D eigenvalue weighted by Gasteiger charge is -2.36. The first-order valence-corrected chi connectivity index (χ1v) is 11.2. The van der Waals surface area contributed by atoms with Crippen LogP contribution in [0.25, 0.3) is 17.2 Å². The van der Waals surface area contributed by atoms with Gasteiger partial charge in [0.1, 0.15) is 0 Å². The standard InChI is InChI=1S/C24H21N5O2S/c30-22-21(32-24(31)27-22)16-19-10-11-25-23(26-19)29-14-12-28(13-15-29)20-8-6-18(7-9-20)17-4-2-1-3-5-17/h1-11,16H,12-15H2,(H,27,30,31)/b21-16+. The first-order chi connectivity index (χ1) is 15.7. The van der Waals surface area contributed by atoms with Gasteiger partial charge in [0, 0.05) is 38.1 Å². The lowest BCUT2D eigenvalue weighted by atomic mass is 10.1. The Balaban J connectivity index is 1.24. The highest BCUT2D eigenvalue weighted by Crippen LogP contribution is 2.26. The van der Waals surface area contributed by atoms with E-state index in [0.29, 0.717) is 16.5 Å². The van der Waals surface area contributed by atoms with Crippen LogP contribution in [0.1, 0.15) is 5.69 Å². The zero-order chi connectivity index (χ0) is 21.9. The topological polar surface area (TPSA) is 78.4 Å². The van der Waals surface area contributed by atoms with Crippen LogP contribution in [0.3, 0.4) is 0 Å². The summed E-state index contributed by atoms with van der Waals surface area (Å²) in [4.78, 5) is 37.0. The van der Waals surface area contributed by atoms with E-state index in [1.165, 1.54) is 16.8 Å². The monoisotopic (exact) mass is 443 g/mol. The second-order valence-corrected chi connectivity index (χ2v) is 8.54. The van der Waals surface area contributed by atoms with Crippen molar-refractivity contribution in [2.24, 2.45) is 0 Å². The molecule has 0 atom stereocenters. The number of amides is 2. The molecule has 8 heteroatoms. The third kappa shape index (κ3) is 4.36. The largest absolute Gasteiger partial charge is 0.368 e. The van der Waals surface area contributed by atoms with Gasteiger partial charge in [-0.3, -0.25) is 14.9 Å². The molecular weight excluding hydrogens is 422 g/mol. The molecule has 5 rings (SSSR count). The van der Waals surface area contributed by atoms with Crippen molar-refractivity contribution in [3.8, 4) is 11.1 Å². The number of benzene rings is 2. The summed E-state index contributed by atoms with van der Waals surface area (Å²) < 4.78 is 0. The number of carbonyl (C=O) groups is 2. The number of hydrogen-bond donors (Lipinski definition) is 1. The number of rotatable bonds is 4. The maximum Gasteiger partial charge on any atom is 0.290 e. The molecule has 160 valence electrons. The number of piperazine rings is 1. The minimum absolute atomic E-state index is 0.350. The van der Waals surface area contributed by atoms with Crippen LogP contribution in [0.5, 0.6) is 0 Å². The van der Waals surface area contributed by atoms with Gasteiger partial charge in [-0.05, 0) is 47.2 Å². The number of hydrogen-bond acceptors (Lipinski definition) is 7. The summed E-state index contributed by atoms with van der Waals surface area (Å²) >= 11 is 0.888. The molecule has 0 radical (unpaired) electrons. The molecule has 2 saturated heterocycles. The Kier molecular flexibility index (Phi) is 5.60. The first-order valence-electron chi connectivity index (χ1n) is 10.4. The van der Waals surface area contributed by atoms with Gasteiger partial charge in [0.25, 0.3) is 11.1 Å². The van der Waals surface area contributed by atoms with Crippen molar-refractivity contribution >= 4 is 40.6 Å². The molecule has 0 unspecified atom stereocenters. The van der Waals surface area contributed by atoms with Gasteiger partial charge in [0.15, 0.2) is 0 Å². The third-order valence-corrected chi connectivity index (χ3v) is 6.30. The van der Waals surface area contributed by atoms with Gasteiger partial charge >= 0.3 is 0 Å². The average molecular weight is 444 g/mol. The molecule has 0 aliphatic carbocycles. The summed E-state index contributed by atoms with van der Waals surface area (Å²) in [5, 5.41) is 1.90. The molecule has 2 amide bonds. The third-order valence-electron chi connectivity index (χ3n) is 5.49. The Morgan fingerprint density at radius 2 is 1.53 bits per heavy atom. The molecule has 2 aliphatic heterocycles. The lowest BCUT2D eigenvalue weighted by molar-refractivity contribution is -0.115. The fraction of sp³-hybridized carbons (Fsp3) is 0.167. The smallest absolute Gasteiger partial charge is 0.290 e. The highest BCUT2D eigenvalue weighted by molar-refractivity contribution is 8.18. The molecule has 1 aromatic heterocycles. The minimum atomic E-state index is -0.382. The zero-order valence-electron chi connectivity index (χ0n) is 17.3. The van der Waals surface area contributed by atoms with Crippen molar-refractivity contribution in [2.75, 3.05) is 36.0 Å². The molecule has 2 aromatic carbocycles. The SMILES string of the molecule is O=C1NC(=O)/C(=C\c2ccnc(N3CCN(c4ccc(-c5ccccc5)cc4)CC3)n2)S1. The molecular formula is C24H21N5O2S. The van der Waals surface area contributed by atoms with Crippen LogP contribution in [-0.2, 0) is 4.79 Å². The van der Waals surface area contributed by atoms with Crippen LogP contribution in [0.2, 0.25) is 0 Å². The Morgan fingerprint density at radius 1 is 0.844 bits per heavy atom. The van der Waals surface area contributed by atoms with Crippen molar-refractivity contribution in [2.45, 2.75) is 0 Å². The molecule has 0 saturated carbocycles. The molecule has 2 aliphatic rings. The maximum atomic E-state index is 11.8. The van der Waals surface area contributed by atoms with E-state index in [0.717, 1.165) is 37.9 Å². The van der Waals surface area contributed by atoms with E-state index < -0.39 is 0 Å². The van der Waals surface area contributed by atoms with E-state index in [1.54, 1.807) is 18.3 Å². The van der Waals surface area contributed by atoms with Crippen molar-refractivity contribution in [3.63, 3.8) is 0 Å². The molecule has 2 fully saturated rings. The summed E-state index contributed by atoms with van der Waals surface area (Å²) in [6.07, 6.45) is 3.31. The zero-order valence-corrected chi connectivity index (χ0v) is 18.1. The highest BCUT2D eigenvalue weighted by atomic mass is 32.2. The van der Waals surface area contributed by atoms with Gasteiger partial charge < -0.3 is 9.80 Å². The van der Waals surface area contributed by atoms with Gasteiger partial charge in [-0.25, -0.2) is 9.97 Å². The average Bonchev–Trinajstić information content (AvgIpc) is 3.16. The van der Waals surface area contributed by atoms with Crippen LogP contribution < -0.4 is 15.1 Å². The maximum absolute atomic E-state index is 11.8. The second kappa shape index (κ2) is 8.84. The number of anilines is 2. The van der Waals surface area contributed by atoms with Gasteiger partial charge in [-0.1, -0.05) is 42.5 Å². The summed E-state index contributed by atoms with van der Waals surface area (Å²) in [7, 11) is 0. The molecule has 7 nitrogen and oxygen atoms in total. The van der Waals surface area contributed by atoms with E-state index in [-0.39, 0.29) is 11.1 Å². The van der Waals surface area contributed by atoms with Crippen molar-refractivity contribution in [1.29, 1.82) is 0 Å². The van der Waals surface area contributed by atoms with E-state index >= 15 is 0 Å². The minimum Gasteiger partial charge on any atom is -0.368 e. The van der Waals surface area contributed by atoms with Crippen molar-refractivity contribution in [1.82, 2.24) is 15.3 Å². The number of imide groups is 1. The number of aromatic nitrogens is 2. The fourth-order valence-corrected chi connectivity index (χ4v) is 4.48. The lowest BCUT2D eigenvalue weighted by Crippen LogP contribution is -2.47. The Hall–Kier alpha value is -3.65. The summed E-state index contributed by atoms with van der Waals surface area (Å²) in [6.45, 7) is 3.33. The number of thioether (sulfide) groups is 1. The molecule has 3 aromatic rings. The van der Waals surface area contributed by atoms with Crippen LogP contribution in [-0.4, -0.2) is 47.3 Å². The first kappa shape index (κ1) is 20.3. The normalized spacial score (nSPS) is 17.7. The fourth-order valence-electron chi connectivity index (χ4n) is 3.81. The molecule has 3 heterocycles. The van der Waals surface area contributed by atoms with Crippen LogP contribution in [0.15, 0.2) is 71.8 Å². The number of nitrogens with zero attached hydrogens (tertiary/aromatic N) is 4. The number of nitrogens with one attached hydrogen (secondary N) is 1. The Morgan fingerprint density at radius 3 is 2.22 bits per heavy atom. The Bertz CT molecular complexity index is 1170. The quantitative estimate of drug-likeness (QED) is 0.615. The van der Waals surface area contributed by atoms with Gasteiger partial charge in [-0.15, -0.1) is 0 Å². The predicted octanol–water partition coefficient (Wildman–Crippen LogP) is 3.79. The summed E-state index contributed by atoms with van der Waals surface area (Å²) in [5.41, 5.74) is 4.25. The van der Waals surface area contributed by atoms with Crippen molar-refractivity contribution < 1.29 is 9.59 Å². The van der Waals surface area contributed by atoms with Crippen molar-refractivity contribution in [3.05, 3.63) is 77.5 Å². The highest BCUT2D eigenvalue weighted by Gasteiger charge is 2.25. The van der Waals surface area contributed by atoms with Gasteiger partial charge in [-0.2, -0.15) is 0 Å². The van der Waals surface area contributed by atoms with Crippen LogP contribution >= 0.6 is 11.8 Å². The van der Waals surface area contributed by atoms with E-state index in [4.69, 9.17) is 0 Å². The van der Waals surface area contributed by atoms with Crippen LogP contribution in [0, 0.1) is 0 Å². The van der Waals surface area contributed by atoms with E-state index in [9.17, 15) is 9.59 Å². The van der Waals surface area contributed by atoms with E-state index in [2.05, 4.69) is 73.6 Å². The van der Waals surface area contributed by atoms with Gasteiger partial charge in [0.05, 0.1) is 10.6 Å². The summed E-state index contributed by atoms with van der Waals surface area (Å²) in [6, 6.07) is 20.8. The predicted molar refractivity (Wildman–Crippen MR) is 127 cm³/mol. The van der Waals surface area contributed by atoms with E-state index in [1.807, 2.05) is 6.07 Å². The molecule has 32 heavy (non-hydrogen) atoms. The van der Waals surface area contributed by atoms with Gasteiger partial charge in [0.2, 0.25) is 5.95 Å². The molecule has 0 bridgehead atoms. The number of carbonyl (C=O) groups excluding carboxylic acids is 2. The molecule has 1 N–H and O–H groups in total.